The van der Waals surface area contributed by atoms with Gasteiger partial charge in [0, 0.05) is 19.2 Å². The summed E-state index contributed by atoms with van der Waals surface area (Å²) < 4.78 is 3.29. The van der Waals surface area contributed by atoms with E-state index in [0.29, 0.717) is 41.0 Å². The number of rotatable bonds is 7. The Labute approximate surface area is 186 Å². The number of nitrogens with zero attached hydrogens (tertiary/aromatic N) is 4. The fourth-order valence-corrected chi connectivity index (χ4v) is 3.27. The number of aromatic nitrogens is 4. The quantitative estimate of drug-likeness (QED) is 0.584. The van der Waals surface area contributed by atoms with Crippen molar-refractivity contribution in [2.75, 3.05) is 11.9 Å². The van der Waals surface area contributed by atoms with E-state index in [0.717, 1.165) is 17.0 Å². The number of benzene rings is 1. The van der Waals surface area contributed by atoms with Crippen molar-refractivity contribution in [3.05, 3.63) is 63.7 Å². The summed E-state index contributed by atoms with van der Waals surface area (Å²) in [6, 6.07) is 7.23. The third-order valence-corrected chi connectivity index (χ3v) is 5.46. The highest BCUT2D eigenvalue weighted by Crippen LogP contribution is 2.20. The molecule has 3 aromatic rings. The lowest BCUT2D eigenvalue weighted by molar-refractivity contribution is 0.0940. The molecule has 0 radical (unpaired) electrons. The summed E-state index contributed by atoms with van der Waals surface area (Å²) in [6.45, 7) is 8.92. The van der Waals surface area contributed by atoms with Gasteiger partial charge in [0.05, 0.1) is 34.8 Å². The summed E-state index contributed by atoms with van der Waals surface area (Å²) >= 11 is 6.21. The zero-order valence-corrected chi connectivity index (χ0v) is 19.1. The molecule has 0 aliphatic heterocycles. The highest BCUT2D eigenvalue weighted by atomic mass is 35.5. The van der Waals surface area contributed by atoms with Gasteiger partial charge in [0.1, 0.15) is 5.69 Å². The van der Waals surface area contributed by atoms with E-state index < -0.39 is 0 Å². The van der Waals surface area contributed by atoms with Crippen LogP contribution in [0.2, 0.25) is 5.02 Å². The topological polar surface area (TPSA) is 93.8 Å². The predicted octanol–water partition coefficient (Wildman–Crippen LogP) is 3.57. The van der Waals surface area contributed by atoms with E-state index in [1.807, 2.05) is 44.5 Å². The molecule has 164 valence electrons. The molecule has 2 aromatic heterocycles. The zero-order valence-electron chi connectivity index (χ0n) is 18.4. The minimum Gasteiger partial charge on any atom is -0.350 e. The van der Waals surface area contributed by atoms with E-state index in [9.17, 15) is 9.59 Å². The van der Waals surface area contributed by atoms with E-state index in [2.05, 4.69) is 20.8 Å². The largest absolute Gasteiger partial charge is 0.350 e. The summed E-state index contributed by atoms with van der Waals surface area (Å²) in [5.41, 5.74) is 3.85. The van der Waals surface area contributed by atoms with Gasteiger partial charge in [-0.15, -0.1) is 0 Å². The molecule has 0 saturated heterocycles. The van der Waals surface area contributed by atoms with E-state index >= 15 is 0 Å². The molecular weight excluding hydrogens is 416 g/mol. The Balaban J connectivity index is 1.70. The average molecular weight is 443 g/mol. The second-order valence-electron chi connectivity index (χ2n) is 7.93. The summed E-state index contributed by atoms with van der Waals surface area (Å²) in [7, 11) is 1.67. The summed E-state index contributed by atoms with van der Waals surface area (Å²) in [4.78, 5) is 25.2. The first kappa shape index (κ1) is 22.6. The van der Waals surface area contributed by atoms with Crippen molar-refractivity contribution in [2.24, 2.45) is 13.0 Å². The van der Waals surface area contributed by atoms with Crippen molar-refractivity contribution >= 4 is 29.1 Å². The highest BCUT2D eigenvalue weighted by Gasteiger charge is 2.19. The molecule has 1 aromatic carbocycles. The van der Waals surface area contributed by atoms with Crippen LogP contribution in [0.5, 0.6) is 0 Å². The third-order valence-electron chi connectivity index (χ3n) is 4.91. The highest BCUT2D eigenvalue weighted by molar-refractivity contribution is 6.31. The lowest BCUT2D eigenvalue weighted by atomic mass is 10.1. The lowest BCUT2D eigenvalue weighted by Gasteiger charge is -2.11. The van der Waals surface area contributed by atoms with Crippen molar-refractivity contribution in [2.45, 2.75) is 34.2 Å². The molecule has 0 unspecified atom stereocenters. The molecule has 0 atom stereocenters. The van der Waals surface area contributed by atoms with Gasteiger partial charge < -0.3 is 10.6 Å². The maximum absolute atomic E-state index is 12.7. The Bertz CT molecular complexity index is 1100. The molecule has 9 heteroatoms. The first-order valence-corrected chi connectivity index (χ1v) is 10.4. The second-order valence-corrected chi connectivity index (χ2v) is 8.31. The van der Waals surface area contributed by atoms with Gasteiger partial charge >= 0.3 is 0 Å². The van der Waals surface area contributed by atoms with Crippen LogP contribution < -0.4 is 10.6 Å². The normalized spacial score (nSPS) is 11.1. The molecule has 2 heterocycles. The van der Waals surface area contributed by atoms with Crippen LogP contribution in [0.4, 0.5) is 5.69 Å². The van der Waals surface area contributed by atoms with Crippen LogP contribution in [0.25, 0.3) is 0 Å². The number of hydrogen-bond donors (Lipinski definition) is 2. The Hall–Kier alpha value is -3.13. The van der Waals surface area contributed by atoms with Gasteiger partial charge in [0.25, 0.3) is 11.8 Å². The molecule has 0 aliphatic carbocycles. The van der Waals surface area contributed by atoms with Crippen LogP contribution in [-0.4, -0.2) is 37.9 Å². The lowest BCUT2D eigenvalue weighted by Crippen LogP contribution is -2.30. The molecule has 0 fully saturated rings. The summed E-state index contributed by atoms with van der Waals surface area (Å²) in [5, 5.41) is 14.8. The van der Waals surface area contributed by atoms with Crippen molar-refractivity contribution in [3.8, 4) is 0 Å². The number of nitrogens with one attached hydrogen (secondary N) is 2. The maximum atomic E-state index is 12.7. The standard InChI is InChI=1S/C22H27ClN6O2/c1-13(2)10-24-22(31)20-18(11-25-28(20)5)26-21(30)17-8-6-16(7-9-17)12-29-15(4)19(23)14(3)27-29/h6-9,11,13H,10,12H2,1-5H3,(H,24,31)(H,26,30). The molecule has 2 amide bonds. The maximum Gasteiger partial charge on any atom is 0.271 e. The molecule has 0 aliphatic rings. The summed E-state index contributed by atoms with van der Waals surface area (Å²) in [5.74, 6) is -0.270. The smallest absolute Gasteiger partial charge is 0.271 e. The molecule has 0 bridgehead atoms. The number of halogens is 1. The Morgan fingerprint density at radius 2 is 1.81 bits per heavy atom. The van der Waals surface area contributed by atoms with Gasteiger partial charge in [-0.25, -0.2) is 0 Å². The van der Waals surface area contributed by atoms with Gasteiger partial charge in [-0.2, -0.15) is 10.2 Å². The van der Waals surface area contributed by atoms with Gasteiger partial charge in [0.15, 0.2) is 0 Å². The molecule has 0 spiro atoms. The first-order valence-electron chi connectivity index (χ1n) is 10.1. The van der Waals surface area contributed by atoms with E-state index in [-0.39, 0.29) is 11.8 Å². The van der Waals surface area contributed by atoms with E-state index in [1.54, 1.807) is 19.2 Å². The molecule has 31 heavy (non-hydrogen) atoms. The zero-order chi connectivity index (χ0) is 22.7. The molecule has 0 saturated carbocycles. The molecular formula is C22H27ClN6O2. The van der Waals surface area contributed by atoms with E-state index in [1.165, 1.54) is 10.9 Å². The third kappa shape index (κ3) is 5.14. The van der Waals surface area contributed by atoms with Crippen LogP contribution in [0.1, 0.15) is 51.6 Å². The Morgan fingerprint density at radius 1 is 1.13 bits per heavy atom. The Morgan fingerprint density at radius 3 is 2.39 bits per heavy atom. The van der Waals surface area contributed by atoms with Gasteiger partial charge in [-0.1, -0.05) is 37.6 Å². The number of carbonyl (C=O) groups is 2. The molecule has 2 N–H and O–H groups in total. The number of aryl methyl sites for hydroxylation is 2. The monoisotopic (exact) mass is 442 g/mol. The van der Waals surface area contributed by atoms with Crippen LogP contribution in [-0.2, 0) is 13.6 Å². The number of anilines is 1. The minimum absolute atomic E-state index is 0.275. The number of carbonyl (C=O) groups excluding carboxylic acids is 2. The van der Waals surface area contributed by atoms with Crippen LogP contribution in [0.15, 0.2) is 30.5 Å². The number of hydrogen-bond acceptors (Lipinski definition) is 4. The van der Waals surface area contributed by atoms with Crippen LogP contribution >= 0.6 is 11.6 Å². The van der Waals surface area contributed by atoms with Gasteiger partial charge in [0.2, 0.25) is 0 Å². The second kappa shape index (κ2) is 9.34. The van der Waals surface area contributed by atoms with E-state index in [4.69, 9.17) is 11.6 Å². The fourth-order valence-electron chi connectivity index (χ4n) is 3.14. The minimum atomic E-state index is -0.313. The van der Waals surface area contributed by atoms with Crippen molar-refractivity contribution in [3.63, 3.8) is 0 Å². The predicted molar refractivity (Wildman–Crippen MR) is 121 cm³/mol. The average Bonchev–Trinajstić information content (AvgIpc) is 3.21. The fraction of sp³-hybridized carbons (Fsp3) is 0.364. The molecule has 3 rings (SSSR count). The summed E-state index contributed by atoms with van der Waals surface area (Å²) in [6.07, 6.45) is 1.48. The van der Waals surface area contributed by atoms with Crippen molar-refractivity contribution in [1.82, 2.24) is 24.9 Å². The Kier molecular flexibility index (Phi) is 6.80. The number of amides is 2. The first-order chi connectivity index (χ1) is 14.7. The van der Waals surface area contributed by atoms with Gasteiger partial charge in [-0.3, -0.25) is 19.0 Å². The van der Waals surface area contributed by atoms with Crippen molar-refractivity contribution < 1.29 is 9.59 Å². The van der Waals surface area contributed by atoms with Crippen LogP contribution in [0.3, 0.4) is 0 Å². The van der Waals surface area contributed by atoms with Crippen molar-refractivity contribution in [1.29, 1.82) is 0 Å². The molecule has 8 nitrogen and oxygen atoms in total. The van der Waals surface area contributed by atoms with Crippen LogP contribution in [0, 0.1) is 19.8 Å². The SMILES string of the molecule is Cc1nn(Cc2ccc(C(=O)Nc3cnn(C)c3C(=O)NCC(C)C)cc2)c(C)c1Cl. The van der Waals surface area contributed by atoms with Gasteiger partial charge in [-0.05, 0) is 37.5 Å².